The van der Waals surface area contributed by atoms with Gasteiger partial charge < -0.3 is 19.1 Å². The van der Waals surface area contributed by atoms with E-state index in [0.717, 1.165) is 31.6 Å². The molecule has 2 saturated carbocycles. The van der Waals surface area contributed by atoms with Gasteiger partial charge in [-0.15, -0.1) is 0 Å². The highest BCUT2D eigenvalue weighted by atomic mass is 16.5. The Morgan fingerprint density at radius 2 is 2.20 bits per heavy atom. The summed E-state index contributed by atoms with van der Waals surface area (Å²) in [6, 6.07) is 4.07. The zero-order chi connectivity index (χ0) is 16.8. The second-order valence-electron chi connectivity index (χ2n) is 7.61. The van der Waals surface area contributed by atoms with Crippen molar-refractivity contribution in [3.63, 3.8) is 0 Å². The molecule has 1 unspecified atom stereocenters. The fraction of sp³-hybridized carbons (Fsp3) is 0.684. The lowest BCUT2D eigenvalue weighted by molar-refractivity contribution is -0.139. The summed E-state index contributed by atoms with van der Waals surface area (Å²) in [5.74, 6) is 1.36. The molecule has 0 radical (unpaired) electrons. The van der Waals surface area contributed by atoms with E-state index in [-0.39, 0.29) is 24.2 Å². The number of ether oxygens (including phenoxy) is 3. The van der Waals surface area contributed by atoms with Gasteiger partial charge >= 0.3 is 0 Å². The zero-order valence-electron chi connectivity index (χ0n) is 14.3. The van der Waals surface area contributed by atoms with Crippen molar-refractivity contribution in [1.82, 2.24) is 9.88 Å². The van der Waals surface area contributed by atoms with Crippen LogP contribution in [0.25, 0.3) is 0 Å². The smallest absolute Gasteiger partial charge is 0.226 e. The minimum absolute atomic E-state index is 0.0403. The molecule has 134 valence electrons. The number of pyridine rings is 1. The van der Waals surface area contributed by atoms with Crippen molar-refractivity contribution >= 4 is 5.91 Å². The molecule has 6 heteroatoms. The van der Waals surface area contributed by atoms with Gasteiger partial charge in [-0.2, -0.15) is 0 Å². The average Bonchev–Trinajstić information content (AvgIpc) is 2.95. The maximum Gasteiger partial charge on any atom is 0.226 e. The molecule has 0 aromatic carbocycles. The summed E-state index contributed by atoms with van der Waals surface area (Å²) in [6.07, 6.45) is 5.58. The maximum atomic E-state index is 13.1. The molecule has 3 heterocycles. The average molecular weight is 344 g/mol. The Balaban J connectivity index is 1.29. The van der Waals surface area contributed by atoms with Crippen LogP contribution in [0.4, 0.5) is 0 Å². The first-order chi connectivity index (χ1) is 12.3. The van der Waals surface area contributed by atoms with Crippen LogP contribution in [0.1, 0.15) is 18.4 Å². The van der Waals surface area contributed by atoms with Gasteiger partial charge in [-0.25, -0.2) is 0 Å². The predicted octanol–water partition coefficient (Wildman–Crippen LogP) is 1.25. The molecule has 1 amide bonds. The monoisotopic (exact) mass is 344 g/mol. The number of fused-ring (bicyclic) bond motifs is 3. The van der Waals surface area contributed by atoms with Crippen LogP contribution in [0.5, 0.6) is 0 Å². The van der Waals surface area contributed by atoms with E-state index in [1.165, 1.54) is 0 Å². The van der Waals surface area contributed by atoms with Crippen molar-refractivity contribution in [2.75, 3.05) is 26.4 Å². The van der Waals surface area contributed by atoms with Gasteiger partial charge in [0.25, 0.3) is 0 Å². The SMILES string of the molecule is O=C(C1[C@H]2COC[C@@H]12)N1CCO[C@H]2CC[C@H]1[C@H]2OCc1cccnc1. The summed E-state index contributed by atoms with van der Waals surface area (Å²) in [5, 5.41) is 0. The minimum atomic E-state index is -0.0403. The van der Waals surface area contributed by atoms with Gasteiger partial charge in [0.15, 0.2) is 0 Å². The van der Waals surface area contributed by atoms with E-state index >= 15 is 0 Å². The van der Waals surface area contributed by atoms with Crippen LogP contribution in [0.2, 0.25) is 0 Å². The number of hydrogen-bond acceptors (Lipinski definition) is 5. The molecule has 1 aromatic heterocycles. The third-order valence-electron chi connectivity index (χ3n) is 6.24. The van der Waals surface area contributed by atoms with Crippen molar-refractivity contribution in [3.05, 3.63) is 30.1 Å². The molecule has 4 aliphatic rings. The topological polar surface area (TPSA) is 60.9 Å². The second kappa shape index (κ2) is 6.34. The molecule has 0 spiro atoms. The Labute approximate surface area is 147 Å². The normalized spacial score (nSPS) is 39.1. The van der Waals surface area contributed by atoms with E-state index in [1.54, 1.807) is 6.20 Å². The van der Waals surface area contributed by atoms with Gasteiger partial charge in [-0.1, -0.05) is 6.07 Å². The first-order valence-corrected chi connectivity index (χ1v) is 9.33. The molecule has 0 N–H and O–H groups in total. The minimum Gasteiger partial charge on any atom is -0.381 e. The van der Waals surface area contributed by atoms with Gasteiger partial charge in [-0.05, 0) is 36.3 Å². The number of nitrogens with zero attached hydrogens (tertiary/aromatic N) is 2. The largest absolute Gasteiger partial charge is 0.381 e. The fourth-order valence-corrected chi connectivity index (χ4v) is 4.86. The maximum absolute atomic E-state index is 13.1. The standard InChI is InChI=1S/C19H24N2O4/c22-19(17-13-10-23-11-14(13)17)21-6-7-24-16-4-3-15(21)18(16)25-9-12-2-1-5-20-8-12/h1-2,5,8,13-18H,3-4,6-7,9-11H2/t13-,14+,15-,16-,17?,18+/m0/s1. The van der Waals surface area contributed by atoms with Crippen LogP contribution in [0, 0.1) is 17.8 Å². The van der Waals surface area contributed by atoms with Crippen LogP contribution < -0.4 is 0 Å². The highest BCUT2D eigenvalue weighted by molar-refractivity contribution is 5.83. The Kier molecular flexibility index (Phi) is 3.99. The lowest BCUT2D eigenvalue weighted by atomic mass is 10.1. The molecule has 25 heavy (non-hydrogen) atoms. The highest BCUT2D eigenvalue weighted by Crippen LogP contribution is 2.52. The number of carbonyl (C=O) groups is 1. The number of amides is 1. The molecule has 2 saturated heterocycles. The predicted molar refractivity (Wildman–Crippen MR) is 88.6 cm³/mol. The molecule has 2 aliphatic heterocycles. The van der Waals surface area contributed by atoms with Crippen molar-refractivity contribution in [3.8, 4) is 0 Å². The molecule has 6 atom stereocenters. The number of rotatable bonds is 4. The number of aromatic nitrogens is 1. The van der Waals surface area contributed by atoms with Crippen LogP contribution in [0.15, 0.2) is 24.5 Å². The van der Waals surface area contributed by atoms with Crippen molar-refractivity contribution in [2.24, 2.45) is 17.8 Å². The van der Waals surface area contributed by atoms with Gasteiger partial charge in [0.1, 0.15) is 6.10 Å². The molecule has 4 fully saturated rings. The zero-order valence-corrected chi connectivity index (χ0v) is 14.3. The first kappa shape index (κ1) is 15.7. The van der Waals surface area contributed by atoms with Crippen LogP contribution in [0.3, 0.4) is 0 Å². The fourth-order valence-electron chi connectivity index (χ4n) is 4.86. The second-order valence-corrected chi connectivity index (χ2v) is 7.61. The molecule has 1 aromatic rings. The Morgan fingerprint density at radius 3 is 3.00 bits per heavy atom. The van der Waals surface area contributed by atoms with Crippen LogP contribution in [-0.2, 0) is 25.6 Å². The third-order valence-corrected chi connectivity index (χ3v) is 6.24. The van der Waals surface area contributed by atoms with Crippen molar-refractivity contribution < 1.29 is 19.0 Å². The Morgan fingerprint density at radius 1 is 1.32 bits per heavy atom. The molecular weight excluding hydrogens is 320 g/mol. The van der Waals surface area contributed by atoms with Crippen molar-refractivity contribution in [2.45, 2.75) is 37.7 Å². The van der Waals surface area contributed by atoms with Gasteiger partial charge in [0.05, 0.1) is 38.6 Å². The summed E-state index contributed by atoms with van der Waals surface area (Å²) in [4.78, 5) is 19.3. The van der Waals surface area contributed by atoms with E-state index in [4.69, 9.17) is 14.2 Å². The van der Waals surface area contributed by atoms with E-state index < -0.39 is 0 Å². The molecule has 2 aliphatic carbocycles. The lowest BCUT2D eigenvalue weighted by Gasteiger charge is -2.32. The molecular formula is C19H24N2O4. The van der Waals surface area contributed by atoms with Crippen LogP contribution >= 0.6 is 0 Å². The van der Waals surface area contributed by atoms with Crippen molar-refractivity contribution in [1.29, 1.82) is 0 Å². The highest BCUT2D eigenvalue weighted by Gasteiger charge is 2.60. The lowest BCUT2D eigenvalue weighted by Crippen LogP contribution is -2.47. The Bertz CT molecular complexity index is 630. The molecule has 2 bridgehead atoms. The van der Waals surface area contributed by atoms with E-state index in [9.17, 15) is 4.79 Å². The van der Waals surface area contributed by atoms with E-state index in [0.29, 0.717) is 37.5 Å². The summed E-state index contributed by atoms with van der Waals surface area (Å²) >= 11 is 0. The first-order valence-electron chi connectivity index (χ1n) is 9.33. The molecule has 5 rings (SSSR count). The van der Waals surface area contributed by atoms with Gasteiger partial charge in [0, 0.05) is 24.9 Å². The van der Waals surface area contributed by atoms with Crippen LogP contribution in [-0.4, -0.2) is 60.4 Å². The molecule has 6 nitrogen and oxygen atoms in total. The van der Waals surface area contributed by atoms with E-state index in [2.05, 4.69) is 9.88 Å². The summed E-state index contributed by atoms with van der Waals surface area (Å²) in [7, 11) is 0. The summed E-state index contributed by atoms with van der Waals surface area (Å²) in [6.45, 7) is 3.31. The third kappa shape index (κ3) is 2.76. The quantitative estimate of drug-likeness (QED) is 0.823. The van der Waals surface area contributed by atoms with Gasteiger partial charge in [0.2, 0.25) is 5.91 Å². The van der Waals surface area contributed by atoms with Gasteiger partial charge in [-0.3, -0.25) is 9.78 Å². The summed E-state index contributed by atoms with van der Waals surface area (Å²) < 4.78 is 17.7. The summed E-state index contributed by atoms with van der Waals surface area (Å²) in [5.41, 5.74) is 1.05. The number of hydrogen-bond donors (Lipinski definition) is 0. The Hall–Kier alpha value is -1.50. The van der Waals surface area contributed by atoms with E-state index in [1.807, 2.05) is 18.3 Å². The number of carbonyl (C=O) groups excluding carboxylic acids is 1.